The monoisotopic (exact) mass is 128 g/mol. The van der Waals surface area contributed by atoms with Crippen molar-refractivity contribution < 1.29 is 18.6 Å². The van der Waals surface area contributed by atoms with Crippen molar-refractivity contribution >= 4 is 50.8 Å². The Morgan fingerprint density at radius 1 is 0.875 bits per heavy atom. The molecule has 10 radical (unpaired) electrons. The summed E-state index contributed by atoms with van der Waals surface area (Å²) in [4.78, 5) is 0. The summed E-state index contributed by atoms with van der Waals surface area (Å²) < 4.78 is 0. The van der Waals surface area contributed by atoms with E-state index < -0.39 is 12.8 Å². The van der Waals surface area contributed by atoms with E-state index in [1.807, 2.05) is 0 Å². The van der Waals surface area contributed by atoms with Crippen molar-refractivity contribution in [3.8, 4) is 0 Å². The van der Waals surface area contributed by atoms with Crippen LogP contribution in [0.1, 0.15) is 0 Å². The zero-order chi connectivity index (χ0) is 5.86. The maximum atomic E-state index is 5.06. The minimum Gasteiger partial charge on any atom is 0 e. The van der Waals surface area contributed by atoms with Crippen molar-refractivity contribution in [3.05, 3.63) is 0 Å². The molecule has 0 aromatic heterocycles. The van der Waals surface area contributed by atoms with Gasteiger partial charge in [-0.2, -0.15) is 0 Å². The number of rotatable bonds is 2. The molecule has 8 heavy (non-hydrogen) atoms. The number of hydrogen-bond acceptors (Lipinski definition) is 0. The molecule has 0 N–H and O–H groups in total. The van der Waals surface area contributed by atoms with Crippen LogP contribution in [0.4, 0.5) is 0 Å². The first-order valence-electron chi connectivity index (χ1n) is 2.00. The zero-order valence-corrected chi connectivity index (χ0v) is 5.89. The van der Waals surface area contributed by atoms with Crippen LogP contribution >= 0.6 is 0 Å². The van der Waals surface area contributed by atoms with Crippen LogP contribution in [0.15, 0.2) is 0 Å². The van der Waals surface area contributed by atoms with Crippen molar-refractivity contribution in [2.24, 2.45) is 0 Å². The fourth-order valence-electron chi connectivity index (χ4n) is 0.257. The van der Waals surface area contributed by atoms with Crippen LogP contribution in [0.5, 0.6) is 0 Å². The first-order chi connectivity index (χ1) is 3.13. The van der Waals surface area contributed by atoms with E-state index in [2.05, 4.69) is 0 Å². The minimum absolute atomic E-state index is 0. The van der Waals surface area contributed by atoms with Gasteiger partial charge in [-0.15, -0.1) is 0 Å². The van der Waals surface area contributed by atoms with E-state index in [9.17, 15) is 0 Å². The molecule has 0 atom stereocenters. The summed E-state index contributed by atoms with van der Waals surface area (Å²) in [5, 5.41) is 0. The molecule has 0 heterocycles. The first kappa shape index (κ1) is 11.8. The second kappa shape index (κ2) is 6.16. The van der Waals surface area contributed by atoms with E-state index in [0.717, 1.165) is 0 Å². The molecule has 0 aliphatic carbocycles. The average Bonchev–Trinajstić information content (AvgIpc) is 1.27. The number of hydrogen-bond donors (Lipinski definition) is 0. The minimum atomic E-state index is -0.500. The van der Waals surface area contributed by atoms with Crippen molar-refractivity contribution in [2.75, 3.05) is 0 Å². The van der Waals surface area contributed by atoms with Crippen LogP contribution in [-0.2, 0) is 18.6 Å². The molecule has 0 saturated carbocycles. The van der Waals surface area contributed by atoms with Gasteiger partial charge >= 0.3 is 0 Å². The second-order valence-corrected chi connectivity index (χ2v) is 1.35. The van der Waals surface area contributed by atoms with E-state index in [4.69, 9.17) is 30.9 Å². The summed E-state index contributed by atoms with van der Waals surface area (Å²) in [6.07, 6.45) is -1.00. The molecule has 0 spiro atoms. The average molecular weight is 127 g/mol. The van der Waals surface area contributed by atoms with Gasteiger partial charge in [0.1, 0.15) is 0 Å². The fraction of sp³-hybridized carbons (Fsp3) is 0. The molecule has 0 nitrogen and oxygen atoms in total. The predicted molar refractivity (Wildman–Crippen MR) is 40.3 cm³/mol. The van der Waals surface area contributed by atoms with Gasteiger partial charge in [-0.3, -0.25) is 0 Å². The smallest absolute Gasteiger partial charge is 0 e. The van der Waals surface area contributed by atoms with E-state index in [1.54, 1.807) is 0 Å². The molecular formula is B7V. The SMILES string of the molecule is [B]B([B])[B]B([B])[B].[V]. The second-order valence-electron chi connectivity index (χ2n) is 1.35. The summed E-state index contributed by atoms with van der Waals surface area (Å²) in [6, 6.07) is 0. The summed E-state index contributed by atoms with van der Waals surface area (Å²) in [7, 11) is 21.7. The summed E-state index contributed by atoms with van der Waals surface area (Å²) in [5.41, 5.74) is 0. The first-order valence-corrected chi connectivity index (χ1v) is 2.00. The van der Waals surface area contributed by atoms with E-state index in [0.29, 0.717) is 0 Å². The summed E-state index contributed by atoms with van der Waals surface area (Å²) in [5.74, 6) is 0. The zero-order valence-electron chi connectivity index (χ0n) is 4.49. The Hall–Kier alpha value is 1.04. The predicted octanol–water partition coefficient (Wildman–Crippen LogP) is -2.67. The quantitative estimate of drug-likeness (QED) is 0.354. The van der Waals surface area contributed by atoms with Gasteiger partial charge in [0.15, 0.2) is 0 Å². The molecule has 0 rings (SSSR count). The van der Waals surface area contributed by atoms with Gasteiger partial charge in [-0.25, -0.2) is 0 Å². The van der Waals surface area contributed by atoms with E-state index >= 15 is 0 Å². The Kier molecular flexibility index (Phi) is 9.08. The maximum absolute atomic E-state index is 5.06. The molecule has 0 amide bonds. The van der Waals surface area contributed by atoms with Crippen molar-refractivity contribution in [3.63, 3.8) is 0 Å². The normalized spacial score (nSPS) is 6.50. The molecule has 0 aliphatic heterocycles. The Balaban J connectivity index is 0. The van der Waals surface area contributed by atoms with E-state index in [-0.39, 0.29) is 18.6 Å². The van der Waals surface area contributed by atoms with Gasteiger partial charge in [-0.05, 0) is 0 Å². The van der Waals surface area contributed by atoms with Crippen LogP contribution in [0.2, 0.25) is 0 Å². The summed E-state index contributed by atoms with van der Waals surface area (Å²) >= 11 is 0. The molecule has 0 saturated heterocycles. The van der Waals surface area contributed by atoms with Gasteiger partial charge in [0, 0.05) is 69.3 Å². The maximum Gasteiger partial charge on any atom is 0 e. The Bertz CT molecular complexity index is 33.7. The Labute approximate surface area is 69.5 Å². The molecule has 0 aliphatic rings. The van der Waals surface area contributed by atoms with Crippen molar-refractivity contribution in [1.82, 2.24) is 0 Å². The standard InChI is InChI=1S/B7.V/c1-6(2)5-7(3)4;. The molecule has 0 unspecified atom stereocenters. The molecular weight excluding hydrogens is 127 g/mol. The van der Waals surface area contributed by atoms with Crippen LogP contribution in [0.3, 0.4) is 0 Å². The van der Waals surface area contributed by atoms with Gasteiger partial charge in [0.25, 0.3) is 0 Å². The summed E-state index contributed by atoms with van der Waals surface area (Å²) in [6.45, 7) is 0. The molecule has 0 aromatic carbocycles. The third-order valence-corrected chi connectivity index (χ3v) is 0.444. The van der Waals surface area contributed by atoms with Gasteiger partial charge in [-0.1, -0.05) is 0 Å². The molecule has 0 fully saturated rings. The Morgan fingerprint density at radius 2 is 1.12 bits per heavy atom. The van der Waals surface area contributed by atoms with Crippen LogP contribution in [-0.4, -0.2) is 50.8 Å². The molecule has 0 aromatic rings. The van der Waals surface area contributed by atoms with Gasteiger partial charge < -0.3 is 0 Å². The van der Waals surface area contributed by atoms with Crippen LogP contribution in [0.25, 0.3) is 0 Å². The van der Waals surface area contributed by atoms with Crippen molar-refractivity contribution in [2.45, 2.75) is 0 Å². The fourth-order valence-corrected chi connectivity index (χ4v) is 0.257. The Morgan fingerprint density at radius 3 is 1.12 bits per heavy atom. The molecule has 8 heteroatoms. The third kappa shape index (κ3) is 10.1. The van der Waals surface area contributed by atoms with Gasteiger partial charge in [0.05, 0.1) is 0 Å². The van der Waals surface area contributed by atoms with Crippen LogP contribution < -0.4 is 0 Å². The van der Waals surface area contributed by atoms with Gasteiger partial charge in [0.2, 0.25) is 0 Å². The van der Waals surface area contributed by atoms with Crippen molar-refractivity contribution in [1.29, 1.82) is 0 Å². The van der Waals surface area contributed by atoms with Crippen LogP contribution in [0, 0.1) is 0 Å². The van der Waals surface area contributed by atoms with E-state index in [1.165, 1.54) is 7.06 Å². The molecule has 26 valence electrons. The molecule has 0 bridgehead atoms. The topological polar surface area (TPSA) is 0 Å². The third-order valence-electron chi connectivity index (χ3n) is 0.444. The largest absolute Gasteiger partial charge is 0 e.